The standard InChI is InChI=1S/C13H26N4O/c1-4-6-17-11-15-10-13(17)12(9-14)16(5-2)7-8-18-3/h10-12H,4-9,14H2,1-3H3. The average molecular weight is 254 g/mol. The van der Waals surface area contributed by atoms with Crippen LogP contribution in [0, 0.1) is 0 Å². The van der Waals surface area contributed by atoms with Crippen LogP contribution in [0.1, 0.15) is 32.0 Å². The summed E-state index contributed by atoms with van der Waals surface area (Å²) < 4.78 is 7.36. The molecule has 0 amide bonds. The molecule has 0 saturated carbocycles. The Balaban J connectivity index is 2.81. The molecule has 0 aromatic carbocycles. The van der Waals surface area contributed by atoms with Crippen molar-refractivity contribution in [3.8, 4) is 0 Å². The molecule has 1 aromatic rings. The van der Waals surface area contributed by atoms with E-state index in [0.717, 1.165) is 32.7 Å². The molecule has 1 heterocycles. The third kappa shape index (κ3) is 3.80. The summed E-state index contributed by atoms with van der Waals surface area (Å²) in [6.45, 7) is 8.50. The molecule has 0 spiro atoms. The van der Waals surface area contributed by atoms with Gasteiger partial charge < -0.3 is 15.0 Å². The summed E-state index contributed by atoms with van der Waals surface area (Å²) in [6.07, 6.45) is 4.93. The molecule has 0 aliphatic carbocycles. The van der Waals surface area contributed by atoms with Crippen LogP contribution in [0.2, 0.25) is 0 Å². The van der Waals surface area contributed by atoms with Crippen LogP contribution in [0.3, 0.4) is 0 Å². The molecule has 0 fully saturated rings. The number of aromatic nitrogens is 2. The van der Waals surface area contributed by atoms with Crippen molar-refractivity contribution >= 4 is 0 Å². The molecule has 104 valence electrons. The fourth-order valence-electron chi connectivity index (χ4n) is 2.24. The Morgan fingerprint density at radius 1 is 1.50 bits per heavy atom. The Morgan fingerprint density at radius 3 is 2.83 bits per heavy atom. The molecule has 2 N–H and O–H groups in total. The summed E-state index contributed by atoms with van der Waals surface area (Å²) in [5.41, 5.74) is 7.16. The van der Waals surface area contributed by atoms with E-state index in [2.05, 4.69) is 28.3 Å². The van der Waals surface area contributed by atoms with E-state index in [-0.39, 0.29) is 6.04 Å². The lowest BCUT2D eigenvalue weighted by Gasteiger charge is -2.30. The molecule has 1 atom stereocenters. The molecule has 1 aromatic heterocycles. The highest BCUT2D eigenvalue weighted by Crippen LogP contribution is 2.19. The number of hydrogen-bond acceptors (Lipinski definition) is 4. The van der Waals surface area contributed by atoms with Crippen molar-refractivity contribution in [3.05, 3.63) is 18.2 Å². The van der Waals surface area contributed by atoms with Gasteiger partial charge in [-0.15, -0.1) is 0 Å². The highest BCUT2D eigenvalue weighted by molar-refractivity contribution is 5.06. The van der Waals surface area contributed by atoms with Crippen LogP contribution in [-0.2, 0) is 11.3 Å². The molecule has 1 unspecified atom stereocenters. The highest BCUT2D eigenvalue weighted by Gasteiger charge is 2.20. The molecule has 5 heteroatoms. The molecule has 0 radical (unpaired) electrons. The minimum Gasteiger partial charge on any atom is -0.383 e. The van der Waals surface area contributed by atoms with Gasteiger partial charge in [0.1, 0.15) is 0 Å². The number of likely N-dealkylation sites (N-methyl/N-ethyl adjacent to an activating group) is 1. The molecule has 0 aliphatic heterocycles. The predicted octanol–water partition coefficient (Wildman–Crippen LogP) is 1.26. The monoisotopic (exact) mass is 254 g/mol. The van der Waals surface area contributed by atoms with Gasteiger partial charge in [0, 0.05) is 32.9 Å². The molecular weight excluding hydrogens is 228 g/mol. The SMILES string of the molecule is CCCn1cncc1C(CN)N(CC)CCOC. The highest BCUT2D eigenvalue weighted by atomic mass is 16.5. The third-order valence-corrected chi connectivity index (χ3v) is 3.20. The maximum Gasteiger partial charge on any atom is 0.0948 e. The zero-order valence-corrected chi connectivity index (χ0v) is 11.8. The summed E-state index contributed by atoms with van der Waals surface area (Å²) >= 11 is 0. The van der Waals surface area contributed by atoms with E-state index in [9.17, 15) is 0 Å². The number of aryl methyl sites for hydroxylation is 1. The second-order valence-electron chi connectivity index (χ2n) is 4.38. The average Bonchev–Trinajstić information content (AvgIpc) is 2.83. The minimum atomic E-state index is 0.221. The summed E-state index contributed by atoms with van der Waals surface area (Å²) in [7, 11) is 1.73. The first kappa shape index (κ1) is 15.1. The summed E-state index contributed by atoms with van der Waals surface area (Å²) in [5, 5.41) is 0. The van der Waals surface area contributed by atoms with Crippen molar-refractivity contribution in [2.24, 2.45) is 5.73 Å². The van der Waals surface area contributed by atoms with Gasteiger partial charge in [0.05, 0.1) is 24.7 Å². The number of methoxy groups -OCH3 is 1. The maximum atomic E-state index is 5.95. The minimum absolute atomic E-state index is 0.221. The van der Waals surface area contributed by atoms with E-state index in [1.165, 1.54) is 5.69 Å². The smallest absolute Gasteiger partial charge is 0.0948 e. The number of hydrogen-bond donors (Lipinski definition) is 1. The Labute approximate surface area is 110 Å². The van der Waals surface area contributed by atoms with Crippen LogP contribution in [0.15, 0.2) is 12.5 Å². The van der Waals surface area contributed by atoms with Crippen molar-refractivity contribution < 1.29 is 4.74 Å². The molecule has 0 bridgehead atoms. The van der Waals surface area contributed by atoms with Gasteiger partial charge in [-0.1, -0.05) is 13.8 Å². The Kier molecular flexibility index (Phi) is 6.93. The van der Waals surface area contributed by atoms with Gasteiger partial charge >= 0.3 is 0 Å². The summed E-state index contributed by atoms with van der Waals surface area (Å²) in [6, 6.07) is 0.221. The Bertz CT molecular complexity index is 327. The number of nitrogens with zero attached hydrogens (tertiary/aromatic N) is 3. The van der Waals surface area contributed by atoms with E-state index in [1.54, 1.807) is 7.11 Å². The van der Waals surface area contributed by atoms with Crippen LogP contribution in [0.25, 0.3) is 0 Å². The lowest BCUT2D eigenvalue weighted by atomic mass is 10.1. The number of imidazole rings is 1. The van der Waals surface area contributed by atoms with Crippen molar-refractivity contribution in [1.82, 2.24) is 14.5 Å². The second-order valence-corrected chi connectivity index (χ2v) is 4.38. The molecule has 0 aliphatic rings. The van der Waals surface area contributed by atoms with Crippen LogP contribution in [0.4, 0.5) is 0 Å². The lowest BCUT2D eigenvalue weighted by Crippen LogP contribution is -2.37. The Morgan fingerprint density at radius 2 is 2.28 bits per heavy atom. The van der Waals surface area contributed by atoms with E-state index in [1.807, 2.05) is 12.5 Å². The van der Waals surface area contributed by atoms with E-state index in [0.29, 0.717) is 6.54 Å². The molecule has 5 nitrogen and oxygen atoms in total. The van der Waals surface area contributed by atoms with Crippen LogP contribution in [-0.4, -0.2) is 47.8 Å². The van der Waals surface area contributed by atoms with E-state index in [4.69, 9.17) is 10.5 Å². The summed E-state index contributed by atoms with van der Waals surface area (Å²) in [5.74, 6) is 0. The van der Waals surface area contributed by atoms with Crippen molar-refractivity contribution in [3.63, 3.8) is 0 Å². The lowest BCUT2D eigenvalue weighted by molar-refractivity contribution is 0.123. The fraction of sp³-hybridized carbons (Fsp3) is 0.769. The van der Waals surface area contributed by atoms with Gasteiger partial charge in [-0.3, -0.25) is 4.90 Å². The van der Waals surface area contributed by atoms with Crippen molar-refractivity contribution in [2.75, 3.05) is 33.4 Å². The third-order valence-electron chi connectivity index (χ3n) is 3.20. The second kappa shape index (κ2) is 8.24. The van der Waals surface area contributed by atoms with E-state index >= 15 is 0 Å². The first-order valence-corrected chi connectivity index (χ1v) is 6.71. The molecule has 0 saturated heterocycles. The number of rotatable bonds is 9. The van der Waals surface area contributed by atoms with Crippen LogP contribution >= 0.6 is 0 Å². The van der Waals surface area contributed by atoms with Gasteiger partial charge in [-0.25, -0.2) is 4.98 Å². The number of ether oxygens (including phenoxy) is 1. The van der Waals surface area contributed by atoms with Crippen LogP contribution < -0.4 is 5.73 Å². The quantitative estimate of drug-likeness (QED) is 0.721. The van der Waals surface area contributed by atoms with Gasteiger partial charge in [-0.2, -0.15) is 0 Å². The normalized spacial score (nSPS) is 13.2. The molecule has 1 rings (SSSR count). The maximum absolute atomic E-state index is 5.95. The molecular formula is C13H26N4O. The molecule has 18 heavy (non-hydrogen) atoms. The van der Waals surface area contributed by atoms with Crippen molar-refractivity contribution in [1.29, 1.82) is 0 Å². The zero-order valence-electron chi connectivity index (χ0n) is 11.8. The van der Waals surface area contributed by atoms with Gasteiger partial charge in [0.15, 0.2) is 0 Å². The summed E-state index contributed by atoms with van der Waals surface area (Å²) in [4.78, 5) is 6.60. The largest absolute Gasteiger partial charge is 0.383 e. The van der Waals surface area contributed by atoms with Crippen LogP contribution in [0.5, 0.6) is 0 Å². The van der Waals surface area contributed by atoms with Gasteiger partial charge in [-0.05, 0) is 13.0 Å². The first-order valence-electron chi connectivity index (χ1n) is 6.71. The Hall–Kier alpha value is -0.910. The van der Waals surface area contributed by atoms with E-state index < -0.39 is 0 Å². The first-order chi connectivity index (χ1) is 8.78. The van der Waals surface area contributed by atoms with Gasteiger partial charge in [0.25, 0.3) is 0 Å². The zero-order chi connectivity index (χ0) is 13.4. The fourth-order valence-corrected chi connectivity index (χ4v) is 2.24. The number of nitrogens with two attached hydrogens (primary N) is 1. The van der Waals surface area contributed by atoms with Crippen molar-refractivity contribution in [2.45, 2.75) is 32.9 Å². The van der Waals surface area contributed by atoms with Gasteiger partial charge in [0.2, 0.25) is 0 Å². The predicted molar refractivity (Wildman–Crippen MR) is 73.4 cm³/mol. The topological polar surface area (TPSA) is 56.3 Å².